The van der Waals surface area contributed by atoms with Gasteiger partial charge in [0.15, 0.2) is 0 Å². The standard InChI is InChI=1S/C28H39F4N5O4S2/c1-43(39,40)36-8-6-25-23(19-36)27(33-37(25)18-22(38)17-35-9-12-41-13-10-35)20-4-5-24(28(30,31)32)26(15-20)42-14-11-34-7-2-3-21(29)16-34/h4-5,15,21-22,38H,2-3,6-14,16-19H2,1H3/t21?,22-/m0/s1. The number of hydrogen-bond donors (Lipinski definition) is 1. The van der Waals surface area contributed by atoms with Gasteiger partial charge in [0.1, 0.15) is 6.17 Å². The van der Waals surface area contributed by atoms with Gasteiger partial charge in [0.25, 0.3) is 0 Å². The van der Waals surface area contributed by atoms with Crippen LogP contribution < -0.4 is 0 Å². The van der Waals surface area contributed by atoms with Crippen LogP contribution in [0, 0.1) is 0 Å². The number of hydrogen-bond acceptors (Lipinski definition) is 8. The molecule has 1 unspecified atom stereocenters. The van der Waals surface area contributed by atoms with Crippen LogP contribution in [0.15, 0.2) is 23.1 Å². The Morgan fingerprint density at radius 2 is 1.91 bits per heavy atom. The quantitative estimate of drug-likeness (QED) is 0.311. The molecule has 2 saturated heterocycles. The highest BCUT2D eigenvalue weighted by Gasteiger charge is 2.35. The first kappa shape index (κ1) is 32.6. The van der Waals surface area contributed by atoms with Gasteiger partial charge in [-0.15, -0.1) is 11.8 Å². The van der Waals surface area contributed by atoms with Gasteiger partial charge in [-0.25, -0.2) is 12.8 Å². The Morgan fingerprint density at radius 1 is 1.14 bits per heavy atom. The van der Waals surface area contributed by atoms with Gasteiger partial charge in [0.2, 0.25) is 10.0 Å². The molecule has 2 fully saturated rings. The van der Waals surface area contributed by atoms with E-state index >= 15 is 0 Å². The Morgan fingerprint density at radius 3 is 2.60 bits per heavy atom. The molecule has 43 heavy (non-hydrogen) atoms. The summed E-state index contributed by atoms with van der Waals surface area (Å²) >= 11 is 1.08. The van der Waals surface area contributed by atoms with E-state index < -0.39 is 34.0 Å². The third-order valence-electron chi connectivity index (χ3n) is 8.20. The van der Waals surface area contributed by atoms with Crippen molar-refractivity contribution in [3.63, 3.8) is 0 Å². The van der Waals surface area contributed by atoms with Crippen LogP contribution in [0.25, 0.3) is 11.3 Å². The molecule has 3 aliphatic rings. The van der Waals surface area contributed by atoms with E-state index in [-0.39, 0.29) is 24.5 Å². The summed E-state index contributed by atoms with van der Waals surface area (Å²) in [5.41, 5.74) is 1.51. The number of aromatic nitrogens is 2. The maximum atomic E-state index is 14.0. The summed E-state index contributed by atoms with van der Waals surface area (Å²) in [7, 11) is -3.52. The Balaban J connectivity index is 1.43. The van der Waals surface area contributed by atoms with Crippen molar-refractivity contribution in [2.75, 3.05) is 71.0 Å². The first-order valence-corrected chi connectivity index (χ1v) is 17.4. The number of aliphatic hydroxyl groups excluding tert-OH is 1. The Bertz CT molecular complexity index is 1370. The second-order valence-electron chi connectivity index (χ2n) is 11.5. The van der Waals surface area contributed by atoms with Gasteiger partial charge in [0.05, 0.1) is 43.4 Å². The number of alkyl halides is 4. The van der Waals surface area contributed by atoms with E-state index in [9.17, 15) is 31.1 Å². The van der Waals surface area contributed by atoms with Gasteiger partial charge in [-0.2, -0.15) is 22.6 Å². The molecule has 9 nitrogen and oxygen atoms in total. The molecule has 0 radical (unpaired) electrons. The molecule has 1 aromatic carbocycles. The molecule has 2 aromatic rings. The van der Waals surface area contributed by atoms with E-state index in [4.69, 9.17) is 9.84 Å². The maximum absolute atomic E-state index is 14.0. The molecule has 4 heterocycles. The average Bonchev–Trinajstić information content (AvgIpc) is 3.30. The number of thioether (sulfide) groups is 1. The lowest BCUT2D eigenvalue weighted by Crippen LogP contribution is -2.42. The highest BCUT2D eigenvalue weighted by Crippen LogP contribution is 2.40. The summed E-state index contributed by atoms with van der Waals surface area (Å²) in [5.74, 6) is 0.362. The summed E-state index contributed by atoms with van der Waals surface area (Å²) in [6, 6.07) is 3.89. The van der Waals surface area contributed by atoms with Crippen molar-refractivity contribution in [1.82, 2.24) is 23.9 Å². The number of piperidine rings is 1. The highest BCUT2D eigenvalue weighted by molar-refractivity contribution is 7.99. The summed E-state index contributed by atoms with van der Waals surface area (Å²) in [5, 5.41) is 15.7. The fraction of sp³-hybridized carbons (Fsp3) is 0.679. The zero-order valence-corrected chi connectivity index (χ0v) is 25.9. The van der Waals surface area contributed by atoms with E-state index in [0.717, 1.165) is 42.7 Å². The SMILES string of the molecule is CS(=O)(=O)N1CCc2c(c(-c3ccc(C(F)(F)F)c(SCCN4CCCC(F)C4)c3)nn2C[C@@H](O)CN2CCOCC2)C1. The molecule has 2 atom stereocenters. The van der Waals surface area contributed by atoms with Crippen molar-refractivity contribution >= 4 is 21.8 Å². The number of morpholine rings is 1. The minimum atomic E-state index is -4.56. The van der Waals surface area contributed by atoms with Crippen molar-refractivity contribution in [2.24, 2.45) is 0 Å². The maximum Gasteiger partial charge on any atom is 0.417 e. The third kappa shape index (κ3) is 8.30. The number of β-amino-alcohol motifs (C(OH)–C–C–N with tert-alkyl or cyclic N) is 1. The zero-order valence-electron chi connectivity index (χ0n) is 24.2. The van der Waals surface area contributed by atoms with Crippen LogP contribution in [-0.2, 0) is 40.4 Å². The lowest BCUT2D eigenvalue weighted by molar-refractivity contribution is -0.139. The molecule has 15 heteroatoms. The van der Waals surface area contributed by atoms with Crippen molar-refractivity contribution in [3.8, 4) is 11.3 Å². The molecule has 1 N–H and O–H groups in total. The van der Waals surface area contributed by atoms with Crippen molar-refractivity contribution in [2.45, 2.75) is 55.7 Å². The van der Waals surface area contributed by atoms with Crippen molar-refractivity contribution in [3.05, 3.63) is 35.0 Å². The first-order valence-electron chi connectivity index (χ1n) is 14.6. The van der Waals surface area contributed by atoms with Gasteiger partial charge < -0.3 is 9.84 Å². The van der Waals surface area contributed by atoms with Crippen molar-refractivity contribution in [1.29, 1.82) is 0 Å². The van der Waals surface area contributed by atoms with Crippen molar-refractivity contribution < 1.29 is 35.8 Å². The fourth-order valence-electron chi connectivity index (χ4n) is 5.98. The molecule has 3 aliphatic heterocycles. The largest absolute Gasteiger partial charge is 0.417 e. The van der Waals surface area contributed by atoms with Crippen LogP contribution in [0.3, 0.4) is 0 Å². The first-order chi connectivity index (χ1) is 20.4. The summed E-state index contributed by atoms with van der Waals surface area (Å²) in [6.07, 6.45) is -3.47. The Labute approximate surface area is 254 Å². The molecule has 0 amide bonds. The molecule has 5 rings (SSSR count). The number of halogens is 4. The van der Waals surface area contributed by atoms with E-state index in [2.05, 4.69) is 4.90 Å². The number of benzene rings is 1. The van der Waals surface area contributed by atoms with Gasteiger partial charge in [-0.1, -0.05) is 6.07 Å². The highest BCUT2D eigenvalue weighted by atomic mass is 32.2. The normalized spacial score (nSPS) is 22.0. The second-order valence-corrected chi connectivity index (χ2v) is 14.6. The number of fused-ring (bicyclic) bond motifs is 1. The average molecular weight is 650 g/mol. The lowest BCUT2D eigenvalue weighted by atomic mass is 10.0. The third-order valence-corrected chi connectivity index (χ3v) is 10.5. The number of sulfonamides is 1. The fourth-order valence-corrected chi connectivity index (χ4v) is 7.89. The van der Waals surface area contributed by atoms with Crippen LogP contribution in [0.5, 0.6) is 0 Å². The summed E-state index contributed by atoms with van der Waals surface area (Å²) < 4.78 is 89.1. The minimum absolute atomic E-state index is 0.0465. The number of likely N-dealkylation sites (tertiary alicyclic amines) is 1. The van der Waals surface area contributed by atoms with Gasteiger partial charge in [-0.3, -0.25) is 14.5 Å². The van der Waals surface area contributed by atoms with E-state index in [0.29, 0.717) is 81.4 Å². The van der Waals surface area contributed by atoms with E-state index in [1.165, 1.54) is 16.4 Å². The van der Waals surface area contributed by atoms with Crippen LogP contribution in [0.4, 0.5) is 17.6 Å². The second kappa shape index (κ2) is 13.7. The van der Waals surface area contributed by atoms with E-state index in [1.54, 1.807) is 4.68 Å². The zero-order chi connectivity index (χ0) is 30.8. The molecular formula is C28H39F4N5O4S2. The summed E-state index contributed by atoms with van der Waals surface area (Å²) in [4.78, 5) is 4.09. The molecule has 1 aromatic heterocycles. The molecular weight excluding hydrogens is 610 g/mol. The van der Waals surface area contributed by atoms with Crippen LogP contribution in [0.2, 0.25) is 0 Å². The molecule has 0 bridgehead atoms. The number of nitrogens with zero attached hydrogens (tertiary/aromatic N) is 5. The molecule has 0 saturated carbocycles. The number of ether oxygens (including phenoxy) is 1. The van der Waals surface area contributed by atoms with E-state index in [1.807, 2.05) is 4.90 Å². The number of aliphatic hydroxyl groups is 1. The smallest absolute Gasteiger partial charge is 0.390 e. The van der Waals surface area contributed by atoms with Gasteiger partial charge in [-0.05, 0) is 31.5 Å². The van der Waals surface area contributed by atoms with Crippen LogP contribution in [-0.4, -0.2) is 121 Å². The Kier molecular flexibility index (Phi) is 10.4. The molecule has 0 spiro atoms. The predicted molar refractivity (Wildman–Crippen MR) is 156 cm³/mol. The van der Waals surface area contributed by atoms with Crippen LogP contribution >= 0.6 is 11.8 Å². The van der Waals surface area contributed by atoms with Crippen LogP contribution in [0.1, 0.15) is 29.7 Å². The predicted octanol–water partition coefficient (Wildman–Crippen LogP) is 3.11. The lowest BCUT2D eigenvalue weighted by Gasteiger charge is -2.29. The molecule has 240 valence electrons. The topological polar surface area (TPSA) is 91.1 Å². The van der Waals surface area contributed by atoms with Gasteiger partial charge in [0, 0.05) is 79.7 Å². The monoisotopic (exact) mass is 649 g/mol. The summed E-state index contributed by atoms with van der Waals surface area (Å²) in [6.45, 7) is 5.00. The minimum Gasteiger partial charge on any atom is -0.390 e. The number of rotatable bonds is 10. The molecule has 0 aliphatic carbocycles. The van der Waals surface area contributed by atoms with Gasteiger partial charge >= 0.3 is 6.18 Å². The Hall–Kier alpha value is -1.75.